The number of nitrogens with zero attached hydrogens (tertiary/aromatic N) is 2. The molecule has 0 saturated heterocycles. The maximum absolute atomic E-state index is 13.6. The van der Waals surface area contributed by atoms with E-state index in [1.807, 2.05) is 36.9 Å². The number of rotatable bonds is 9. The lowest BCUT2D eigenvalue weighted by atomic mass is 10.00. The summed E-state index contributed by atoms with van der Waals surface area (Å²) in [5, 5.41) is 2.75. The second-order valence-electron chi connectivity index (χ2n) is 8.83. The molecule has 0 N–H and O–H groups in total. The Kier molecular flexibility index (Phi) is 8.54. The molecular weight excluding hydrogens is 496 g/mol. The molecular formula is C28H31ClN2O4S. The van der Waals surface area contributed by atoms with E-state index in [4.69, 9.17) is 21.1 Å². The van der Waals surface area contributed by atoms with Gasteiger partial charge < -0.3 is 19.3 Å². The highest BCUT2D eigenvalue weighted by Crippen LogP contribution is 2.34. The topological polar surface area (TPSA) is 59.1 Å². The Morgan fingerprint density at radius 2 is 1.89 bits per heavy atom. The van der Waals surface area contributed by atoms with Crippen molar-refractivity contribution in [3.8, 4) is 11.5 Å². The maximum Gasteiger partial charge on any atom is 0.254 e. The van der Waals surface area contributed by atoms with Gasteiger partial charge in [-0.25, -0.2) is 0 Å². The van der Waals surface area contributed by atoms with E-state index in [9.17, 15) is 9.59 Å². The molecule has 0 spiro atoms. The Balaban J connectivity index is 1.51. The van der Waals surface area contributed by atoms with Crippen LogP contribution in [0.4, 0.5) is 0 Å². The Morgan fingerprint density at radius 3 is 2.58 bits per heavy atom. The first-order valence-corrected chi connectivity index (χ1v) is 13.3. The third kappa shape index (κ3) is 5.85. The molecule has 1 aliphatic heterocycles. The van der Waals surface area contributed by atoms with Crippen molar-refractivity contribution in [2.75, 3.05) is 33.4 Å². The molecule has 0 saturated carbocycles. The maximum atomic E-state index is 13.6. The molecule has 8 heteroatoms. The zero-order valence-electron chi connectivity index (χ0n) is 20.8. The van der Waals surface area contributed by atoms with Crippen molar-refractivity contribution in [1.29, 1.82) is 0 Å². The van der Waals surface area contributed by atoms with Crippen LogP contribution in [0.15, 0.2) is 53.9 Å². The smallest absolute Gasteiger partial charge is 0.254 e. The van der Waals surface area contributed by atoms with Crippen molar-refractivity contribution in [3.63, 3.8) is 0 Å². The predicted molar refractivity (Wildman–Crippen MR) is 143 cm³/mol. The van der Waals surface area contributed by atoms with Crippen molar-refractivity contribution in [2.24, 2.45) is 0 Å². The van der Waals surface area contributed by atoms with Crippen LogP contribution in [0.1, 0.15) is 45.7 Å². The van der Waals surface area contributed by atoms with Gasteiger partial charge in [-0.15, -0.1) is 11.3 Å². The number of ether oxygens (including phenoxy) is 2. The Morgan fingerprint density at radius 1 is 1.14 bits per heavy atom. The van der Waals surface area contributed by atoms with Gasteiger partial charge in [0.25, 0.3) is 5.91 Å². The second kappa shape index (κ2) is 11.8. The molecule has 0 bridgehead atoms. The monoisotopic (exact) mass is 526 g/mol. The van der Waals surface area contributed by atoms with Crippen LogP contribution >= 0.6 is 22.9 Å². The predicted octanol–water partition coefficient (Wildman–Crippen LogP) is 5.78. The fourth-order valence-electron chi connectivity index (χ4n) is 4.45. The van der Waals surface area contributed by atoms with Gasteiger partial charge in [-0.2, -0.15) is 0 Å². The number of hydrogen-bond acceptors (Lipinski definition) is 5. The molecule has 1 aromatic heterocycles. The minimum Gasteiger partial charge on any atom is -0.497 e. The summed E-state index contributed by atoms with van der Waals surface area (Å²) in [7, 11) is 1.59. The molecule has 1 aliphatic rings. The second-order valence-corrected chi connectivity index (χ2v) is 10.2. The van der Waals surface area contributed by atoms with E-state index in [0.29, 0.717) is 41.8 Å². The number of amides is 2. The van der Waals surface area contributed by atoms with E-state index in [-0.39, 0.29) is 24.4 Å². The quantitative estimate of drug-likeness (QED) is 0.355. The largest absolute Gasteiger partial charge is 0.497 e. The van der Waals surface area contributed by atoms with Crippen molar-refractivity contribution in [1.82, 2.24) is 9.80 Å². The molecule has 2 amide bonds. The SMILES string of the molecule is CCCN(CC(=O)N1CCc2sccc2C1COc1ccc(Cl)c(C)c1)C(=O)c1ccc(OC)cc1. The number of carbonyl (C=O) groups excluding carboxylic acids is 2. The molecule has 36 heavy (non-hydrogen) atoms. The standard InChI is InChI=1S/C28H31ClN2O4S/c1-4-13-30(28(33)20-5-7-21(34-3)8-6-20)17-27(32)31-14-11-26-23(12-15-36-26)25(31)18-35-22-9-10-24(29)19(2)16-22/h5-10,12,15-16,25H,4,11,13-14,17-18H2,1-3H3. The van der Waals surface area contributed by atoms with Gasteiger partial charge in [0.1, 0.15) is 24.7 Å². The van der Waals surface area contributed by atoms with Gasteiger partial charge >= 0.3 is 0 Å². The minimum absolute atomic E-state index is 0.0225. The summed E-state index contributed by atoms with van der Waals surface area (Å²) in [5.41, 5.74) is 2.59. The van der Waals surface area contributed by atoms with Crippen LogP contribution in [0, 0.1) is 6.92 Å². The highest BCUT2D eigenvalue weighted by Gasteiger charge is 2.33. The van der Waals surface area contributed by atoms with Crippen LogP contribution in [0.3, 0.4) is 0 Å². The third-order valence-corrected chi connectivity index (χ3v) is 7.82. The van der Waals surface area contributed by atoms with E-state index in [1.165, 1.54) is 4.88 Å². The number of benzene rings is 2. The normalized spacial score (nSPS) is 14.8. The molecule has 0 radical (unpaired) electrons. The number of aryl methyl sites for hydroxylation is 1. The number of hydrogen-bond donors (Lipinski definition) is 0. The first-order chi connectivity index (χ1) is 17.4. The fraction of sp³-hybridized carbons (Fsp3) is 0.357. The number of methoxy groups -OCH3 is 1. The van der Waals surface area contributed by atoms with E-state index >= 15 is 0 Å². The van der Waals surface area contributed by atoms with Crippen molar-refractivity contribution >= 4 is 34.8 Å². The van der Waals surface area contributed by atoms with Crippen molar-refractivity contribution in [3.05, 3.63) is 80.5 Å². The number of halogens is 1. The zero-order chi connectivity index (χ0) is 25.7. The average Bonchev–Trinajstić information content (AvgIpc) is 3.37. The molecule has 2 aromatic carbocycles. The molecule has 4 rings (SSSR count). The van der Waals surface area contributed by atoms with E-state index < -0.39 is 0 Å². The van der Waals surface area contributed by atoms with Crippen molar-refractivity contribution < 1.29 is 19.1 Å². The van der Waals surface area contributed by atoms with Crippen LogP contribution in [-0.4, -0.2) is 55.0 Å². The molecule has 1 atom stereocenters. The highest BCUT2D eigenvalue weighted by molar-refractivity contribution is 7.10. The van der Waals surface area contributed by atoms with Crippen LogP contribution in [0.25, 0.3) is 0 Å². The summed E-state index contributed by atoms with van der Waals surface area (Å²) in [6.07, 6.45) is 1.56. The van der Waals surface area contributed by atoms with Crippen LogP contribution in [-0.2, 0) is 11.2 Å². The summed E-state index contributed by atoms with van der Waals surface area (Å²) >= 11 is 7.87. The lowest BCUT2D eigenvalue weighted by Gasteiger charge is -2.37. The van der Waals surface area contributed by atoms with Crippen LogP contribution in [0.5, 0.6) is 11.5 Å². The summed E-state index contributed by atoms with van der Waals surface area (Å²) < 4.78 is 11.3. The summed E-state index contributed by atoms with van der Waals surface area (Å²) in [5.74, 6) is 1.16. The Labute approximate surface area is 221 Å². The van der Waals surface area contributed by atoms with Gasteiger partial charge in [0.2, 0.25) is 5.91 Å². The summed E-state index contributed by atoms with van der Waals surface area (Å²) in [6.45, 7) is 5.38. The number of fused-ring (bicyclic) bond motifs is 1. The first-order valence-electron chi connectivity index (χ1n) is 12.1. The lowest BCUT2D eigenvalue weighted by Crippen LogP contribution is -2.48. The zero-order valence-corrected chi connectivity index (χ0v) is 22.4. The number of thiophene rings is 1. The first kappa shape index (κ1) is 26.0. The van der Waals surface area contributed by atoms with Gasteiger partial charge in [0.05, 0.1) is 13.2 Å². The summed E-state index contributed by atoms with van der Waals surface area (Å²) in [4.78, 5) is 31.6. The molecule has 0 fully saturated rings. The molecule has 3 aromatic rings. The average molecular weight is 527 g/mol. The van der Waals surface area contributed by atoms with Crippen LogP contribution < -0.4 is 9.47 Å². The van der Waals surface area contributed by atoms with E-state index in [2.05, 4.69) is 11.4 Å². The molecule has 0 aliphatic carbocycles. The molecule has 2 heterocycles. The molecule has 1 unspecified atom stereocenters. The van der Waals surface area contributed by atoms with E-state index in [0.717, 1.165) is 24.0 Å². The van der Waals surface area contributed by atoms with Crippen molar-refractivity contribution in [2.45, 2.75) is 32.7 Å². The van der Waals surface area contributed by atoms with Gasteiger partial charge in [0, 0.05) is 28.6 Å². The van der Waals surface area contributed by atoms with Gasteiger partial charge in [-0.1, -0.05) is 18.5 Å². The fourth-order valence-corrected chi connectivity index (χ4v) is 5.50. The lowest BCUT2D eigenvalue weighted by molar-refractivity contribution is -0.135. The molecule has 190 valence electrons. The van der Waals surface area contributed by atoms with Gasteiger partial charge in [-0.05, 0) is 84.8 Å². The summed E-state index contributed by atoms with van der Waals surface area (Å²) in [6, 6.07) is 14.4. The van der Waals surface area contributed by atoms with Gasteiger partial charge in [0.15, 0.2) is 0 Å². The number of carbonyl (C=O) groups is 2. The molecule has 6 nitrogen and oxygen atoms in total. The Hall–Kier alpha value is -3.03. The highest BCUT2D eigenvalue weighted by atomic mass is 35.5. The van der Waals surface area contributed by atoms with Crippen LogP contribution in [0.2, 0.25) is 5.02 Å². The van der Waals surface area contributed by atoms with E-state index in [1.54, 1.807) is 47.6 Å². The minimum atomic E-state index is -0.219. The Bertz CT molecular complexity index is 1210. The third-order valence-electron chi connectivity index (χ3n) is 6.40. The van der Waals surface area contributed by atoms with Gasteiger partial charge in [-0.3, -0.25) is 9.59 Å².